The molecule has 2 aromatic rings. The number of nitrogens with zero attached hydrogens (tertiary/aromatic N) is 2. The molecule has 0 unspecified atom stereocenters. The van der Waals surface area contributed by atoms with E-state index in [1.165, 1.54) is 6.20 Å². The van der Waals surface area contributed by atoms with Crippen LogP contribution < -0.4 is 5.32 Å². The molecular formula is C18H21N3O3. The van der Waals surface area contributed by atoms with Crippen LogP contribution >= 0.6 is 0 Å². The zero-order chi connectivity index (χ0) is 16.9. The zero-order valence-electron chi connectivity index (χ0n) is 13.4. The molecule has 1 fully saturated rings. The Morgan fingerprint density at radius 3 is 2.62 bits per heavy atom. The minimum Gasteiger partial charge on any atom is -0.481 e. The Labute approximate surface area is 140 Å². The molecule has 2 atom stereocenters. The summed E-state index contributed by atoms with van der Waals surface area (Å²) in [6.07, 6.45) is 7.35. The van der Waals surface area contributed by atoms with Crippen LogP contribution in [-0.4, -0.2) is 32.8 Å². The van der Waals surface area contributed by atoms with Crippen LogP contribution in [0.15, 0.2) is 42.7 Å². The highest BCUT2D eigenvalue weighted by molar-refractivity contribution is 5.94. The van der Waals surface area contributed by atoms with Gasteiger partial charge in [-0.2, -0.15) is 5.10 Å². The van der Waals surface area contributed by atoms with Gasteiger partial charge in [0.1, 0.15) is 0 Å². The quantitative estimate of drug-likeness (QED) is 0.846. The van der Waals surface area contributed by atoms with E-state index >= 15 is 0 Å². The van der Waals surface area contributed by atoms with E-state index in [0.29, 0.717) is 18.4 Å². The number of carboxylic acid groups (broad SMARTS) is 1. The minimum absolute atomic E-state index is 0.268. The van der Waals surface area contributed by atoms with Gasteiger partial charge in [0, 0.05) is 12.2 Å². The van der Waals surface area contributed by atoms with Gasteiger partial charge in [-0.3, -0.25) is 9.59 Å². The summed E-state index contributed by atoms with van der Waals surface area (Å²) in [6.45, 7) is 0. The molecular weight excluding hydrogens is 306 g/mol. The van der Waals surface area contributed by atoms with Crippen molar-refractivity contribution in [3.63, 3.8) is 0 Å². The summed E-state index contributed by atoms with van der Waals surface area (Å²) in [5.41, 5.74) is 1.31. The van der Waals surface area contributed by atoms with Crippen LogP contribution in [0.25, 0.3) is 5.69 Å². The Bertz CT molecular complexity index is 711. The number of para-hydroxylation sites is 1. The number of aliphatic carboxylic acids is 1. The van der Waals surface area contributed by atoms with Gasteiger partial charge in [0.25, 0.3) is 5.91 Å². The van der Waals surface area contributed by atoms with E-state index in [0.717, 1.165) is 24.9 Å². The molecule has 1 heterocycles. The Morgan fingerprint density at radius 1 is 1.12 bits per heavy atom. The van der Waals surface area contributed by atoms with Gasteiger partial charge in [-0.05, 0) is 25.0 Å². The van der Waals surface area contributed by atoms with Crippen molar-refractivity contribution in [1.29, 1.82) is 0 Å². The molecule has 24 heavy (non-hydrogen) atoms. The minimum atomic E-state index is -0.831. The second kappa shape index (κ2) is 7.29. The summed E-state index contributed by atoms with van der Waals surface area (Å²) in [4.78, 5) is 23.9. The molecule has 1 aromatic heterocycles. The molecule has 1 aliphatic rings. The highest BCUT2D eigenvalue weighted by atomic mass is 16.4. The van der Waals surface area contributed by atoms with Crippen molar-refractivity contribution in [2.75, 3.05) is 0 Å². The van der Waals surface area contributed by atoms with Crippen molar-refractivity contribution in [2.24, 2.45) is 5.92 Å². The Balaban J connectivity index is 1.72. The molecule has 126 valence electrons. The topological polar surface area (TPSA) is 84.2 Å². The normalized spacial score (nSPS) is 21.0. The third-order valence-electron chi connectivity index (χ3n) is 4.52. The lowest BCUT2D eigenvalue weighted by molar-refractivity contribution is -0.142. The van der Waals surface area contributed by atoms with Gasteiger partial charge in [0.2, 0.25) is 0 Å². The van der Waals surface area contributed by atoms with E-state index in [-0.39, 0.29) is 11.9 Å². The lowest BCUT2D eigenvalue weighted by Gasteiger charge is -2.22. The number of hydrogen-bond donors (Lipinski definition) is 2. The molecule has 0 saturated heterocycles. The molecule has 1 saturated carbocycles. The van der Waals surface area contributed by atoms with Crippen LogP contribution in [0, 0.1) is 5.92 Å². The first kappa shape index (κ1) is 16.2. The summed E-state index contributed by atoms with van der Waals surface area (Å²) >= 11 is 0. The molecule has 0 aliphatic heterocycles. The van der Waals surface area contributed by atoms with Crippen LogP contribution in [0.5, 0.6) is 0 Å². The summed E-state index contributed by atoms with van der Waals surface area (Å²) in [5, 5.41) is 16.5. The van der Waals surface area contributed by atoms with E-state index in [1.54, 1.807) is 10.9 Å². The van der Waals surface area contributed by atoms with Gasteiger partial charge in [-0.25, -0.2) is 4.68 Å². The number of hydrogen-bond acceptors (Lipinski definition) is 3. The number of amides is 1. The Morgan fingerprint density at radius 2 is 1.88 bits per heavy atom. The second-order valence-corrected chi connectivity index (χ2v) is 6.17. The van der Waals surface area contributed by atoms with Crippen molar-refractivity contribution in [3.8, 4) is 5.69 Å². The van der Waals surface area contributed by atoms with Gasteiger partial charge in [0.15, 0.2) is 0 Å². The number of rotatable bonds is 4. The Kier molecular flexibility index (Phi) is 4.93. The van der Waals surface area contributed by atoms with Gasteiger partial charge in [0.05, 0.1) is 23.4 Å². The molecule has 6 heteroatoms. The summed E-state index contributed by atoms with van der Waals surface area (Å²) < 4.78 is 1.64. The van der Waals surface area contributed by atoms with Gasteiger partial charge >= 0.3 is 5.97 Å². The molecule has 1 aliphatic carbocycles. The lowest BCUT2D eigenvalue weighted by Crippen LogP contribution is -2.42. The van der Waals surface area contributed by atoms with Crippen molar-refractivity contribution in [3.05, 3.63) is 48.3 Å². The second-order valence-electron chi connectivity index (χ2n) is 6.17. The molecule has 2 N–H and O–H groups in total. The van der Waals surface area contributed by atoms with Crippen molar-refractivity contribution >= 4 is 11.9 Å². The number of carbonyl (C=O) groups is 2. The van der Waals surface area contributed by atoms with Gasteiger partial charge in [-0.15, -0.1) is 0 Å². The summed E-state index contributed by atoms with van der Waals surface area (Å²) in [6, 6.07) is 9.21. The van der Waals surface area contributed by atoms with E-state index in [4.69, 9.17) is 0 Å². The van der Waals surface area contributed by atoms with E-state index in [2.05, 4.69) is 10.4 Å². The molecule has 1 aromatic carbocycles. The summed E-state index contributed by atoms with van der Waals surface area (Å²) in [5.74, 6) is -1.61. The van der Waals surface area contributed by atoms with E-state index in [9.17, 15) is 14.7 Å². The monoisotopic (exact) mass is 327 g/mol. The van der Waals surface area contributed by atoms with E-state index in [1.807, 2.05) is 30.3 Å². The number of nitrogens with one attached hydrogen (secondary N) is 1. The standard InChI is InChI=1S/C18H21N3O3/c22-17(20-16-10-6-2-5-9-15(16)18(23)24)13-11-19-21(12-13)14-7-3-1-4-8-14/h1,3-4,7-8,11-12,15-16H,2,5-6,9-10H2,(H,20,22)(H,23,24)/t15-,16+/m1/s1. The third kappa shape index (κ3) is 3.64. The van der Waals surface area contributed by atoms with Crippen molar-refractivity contribution < 1.29 is 14.7 Å². The fourth-order valence-electron chi connectivity index (χ4n) is 3.19. The first-order valence-electron chi connectivity index (χ1n) is 8.29. The van der Waals surface area contributed by atoms with Crippen LogP contribution in [0.1, 0.15) is 42.5 Å². The molecule has 0 radical (unpaired) electrons. The average Bonchev–Trinajstić information content (AvgIpc) is 2.97. The SMILES string of the molecule is O=C(N[C@H]1CCCCC[C@H]1C(=O)O)c1cnn(-c2ccccc2)c1. The van der Waals surface area contributed by atoms with E-state index < -0.39 is 11.9 Å². The molecule has 3 rings (SSSR count). The predicted octanol–water partition coefficient (Wildman–Crippen LogP) is 2.64. The largest absolute Gasteiger partial charge is 0.481 e. The number of carboxylic acids is 1. The number of aromatic nitrogens is 2. The molecule has 1 amide bonds. The van der Waals surface area contributed by atoms with Crippen LogP contribution in [-0.2, 0) is 4.79 Å². The van der Waals surface area contributed by atoms with Gasteiger partial charge in [-0.1, -0.05) is 37.5 Å². The fourth-order valence-corrected chi connectivity index (χ4v) is 3.19. The highest BCUT2D eigenvalue weighted by Gasteiger charge is 2.31. The van der Waals surface area contributed by atoms with Gasteiger partial charge < -0.3 is 10.4 Å². The van der Waals surface area contributed by atoms with Crippen molar-refractivity contribution in [2.45, 2.75) is 38.1 Å². The summed E-state index contributed by atoms with van der Waals surface area (Å²) in [7, 11) is 0. The van der Waals surface area contributed by atoms with Crippen LogP contribution in [0.2, 0.25) is 0 Å². The first-order valence-corrected chi connectivity index (χ1v) is 8.29. The van der Waals surface area contributed by atoms with Crippen molar-refractivity contribution in [1.82, 2.24) is 15.1 Å². The zero-order valence-corrected chi connectivity index (χ0v) is 13.4. The number of benzene rings is 1. The lowest BCUT2D eigenvalue weighted by atomic mass is 9.94. The third-order valence-corrected chi connectivity index (χ3v) is 4.52. The average molecular weight is 327 g/mol. The Hall–Kier alpha value is -2.63. The fraction of sp³-hybridized carbons (Fsp3) is 0.389. The molecule has 0 bridgehead atoms. The van der Waals surface area contributed by atoms with Crippen LogP contribution in [0.4, 0.5) is 0 Å². The number of carbonyl (C=O) groups excluding carboxylic acids is 1. The predicted molar refractivity (Wildman–Crippen MR) is 89.0 cm³/mol. The molecule has 0 spiro atoms. The first-order chi connectivity index (χ1) is 11.6. The smallest absolute Gasteiger partial charge is 0.308 e. The molecule has 6 nitrogen and oxygen atoms in total. The van der Waals surface area contributed by atoms with Crippen LogP contribution in [0.3, 0.4) is 0 Å². The maximum Gasteiger partial charge on any atom is 0.308 e. The maximum atomic E-state index is 12.5. The maximum absolute atomic E-state index is 12.5. The highest BCUT2D eigenvalue weighted by Crippen LogP contribution is 2.24.